The molecule has 0 atom stereocenters. The summed E-state index contributed by atoms with van der Waals surface area (Å²) in [6, 6.07) is 20.9. The number of benzene rings is 3. The maximum Gasteiger partial charge on any atom is 0.162 e. The Hall–Kier alpha value is -2.99. The number of para-hydroxylation sites is 1. The van der Waals surface area contributed by atoms with Crippen LogP contribution in [-0.4, -0.2) is 9.97 Å². The van der Waals surface area contributed by atoms with Crippen LogP contribution in [0.4, 0.5) is 15.9 Å². The molecule has 3 aromatic carbocycles. The van der Waals surface area contributed by atoms with Gasteiger partial charge in [-0.15, -0.1) is 0 Å². The maximum absolute atomic E-state index is 13.9. The number of aromatic nitrogens is 2. The number of nitrogens with two attached hydrogens (primary N) is 1. The fraction of sp³-hybridized carbons (Fsp3) is 0.0435. The second-order valence-electron chi connectivity index (χ2n) is 6.55. The molecule has 0 unspecified atom stereocenters. The molecule has 0 amide bonds. The van der Waals surface area contributed by atoms with Crippen molar-refractivity contribution >= 4 is 34.7 Å². The molecule has 150 valence electrons. The van der Waals surface area contributed by atoms with E-state index in [0.29, 0.717) is 44.1 Å². The van der Waals surface area contributed by atoms with Gasteiger partial charge >= 0.3 is 0 Å². The van der Waals surface area contributed by atoms with Crippen LogP contribution < -0.4 is 11.1 Å². The van der Waals surface area contributed by atoms with Crippen molar-refractivity contribution < 1.29 is 4.39 Å². The number of hydrogen-bond acceptors (Lipinski definition) is 4. The van der Waals surface area contributed by atoms with E-state index in [1.165, 1.54) is 12.1 Å². The largest absolute Gasteiger partial charge is 0.340 e. The molecule has 0 fully saturated rings. The first-order valence-corrected chi connectivity index (χ1v) is 9.95. The lowest BCUT2D eigenvalue weighted by atomic mass is 10.0. The Bertz CT molecular complexity index is 1200. The van der Waals surface area contributed by atoms with Crippen molar-refractivity contribution in [3.05, 3.63) is 94.2 Å². The number of anilines is 2. The highest BCUT2D eigenvalue weighted by Gasteiger charge is 2.18. The van der Waals surface area contributed by atoms with Crippen LogP contribution >= 0.6 is 23.2 Å². The molecule has 7 heteroatoms. The lowest BCUT2D eigenvalue weighted by Gasteiger charge is -2.17. The lowest BCUT2D eigenvalue weighted by molar-refractivity contribution is 0.628. The van der Waals surface area contributed by atoms with Crippen LogP contribution in [0.25, 0.3) is 22.6 Å². The minimum Gasteiger partial charge on any atom is -0.340 e. The van der Waals surface area contributed by atoms with Crippen molar-refractivity contribution in [1.82, 2.24) is 9.97 Å². The number of halogens is 3. The van der Waals surface area contributed by atoms with Crippen molar-refractivity contribution in [3.8, 4) is 22.6 Å². The van der Waals surface area contributed by atoms with E-state index in [2.05, 4.69) is 10.3 Å². The Morgan fingerprint density at radius 2 is 1.70 bits per heavy atom. The fourth-order valence-corrected chi connectivity index (χ4v) is 3.60. The van der Waals surface area contributed by atoms with Crippen LogP contribution in [0.15, 0.2) is 72.8 Å². The molecule has 4 rings (SSSR count). The van der Waals surface area contributed by atoms with Gasteiger partial charge in [0.2, 0.25) is 0 Å². The van der Waals surface area contributed by atoms with E-state index in [0.717, 1.165) is 5.69 Å². The molecule has 0 bridgehead atoms. The molecule has 4 aromatic rings. The molecule has 0 aliphatic carbocycles. The normalized spacial score (nSPS) is 10.8. The molecule has 0 radical (unpaired) electrons. The summed E-state index contributed by atoms with van der Waals surface area (Å²) in [5, 5.41) is 4.25. The minimum absolute atomic E-state index is 0.173. The van der Waals surface area contributed by atoms with Gasteiger partial charge in [0.15, 0.2) is 5.82 Å². The summed E-state index contributed by atoms with van der Waals surface area (Å²) in [6.45, 7) is 0.173. The number of rotatable bonds is 5. The van der Waals surface area contributed by atoms with E-state index in [1.807, 2.05) is 30.3 Å². The van der Waals surface area contributed by atoms with Crippen molar-refractivity contribution in [2.75, 3.05) is 5.32 Å². The minimum atomic E-state index is -0.373. The zero-order chi connectivity index (χ0) is 21.1. The third kappa shape index (κ3) is 4.28. The molecule has 0 aliphatic rings. The summed E-state index contributed by atoms with van der Waals surface area (Å²) in [7, 11) is 0. The first-order chi connectivity index (χ1) is 14.5. The SMILES string of the molecule is NCc1c(Nc2ccccc2)nc(-c2cccc(F)c2)nc1-c1ccc(Cl)cc1Cl. The van der Waals surface area contributed by atoms with Gasteiger partial charge in [-0.05, 0) is 42.5 Å². The van der Waals surface area contributed by atoms with E-state index in [1.54, 1.807) is 30.3 Å². The fourth-order valence-electron chi connectivity index (χ4n) is 3.10. The van der Waals surface area contributed by atoms with E-state index in [-0.39, 0.29) is 12.4 Å². The molecule has 3 N–H and O–H groups in total. The maximum atomic E-state index is 13.9. The van der Waals surface area contributed by atoms with Crippen molar-refractivity contribution in [2.45, 2.75) is 6.54 Å². The summed E-state index contributed by atoms with van der Waals surface area (Å²) in [4.78, 5) is 9.34. The van der Waals surface area contributed by atoms with Crippen LogP contribution in [0.3, 0.4) is 0 Å². The second kappa shape index (κ2) is 8.79. The highest BCUT2D eigenvalue weighted by molar-refractivity contribution is 6.36. The van der Waals surface area contributed by atoms with Crippen molar-refractivity contribution in [1.29, 1.82) is 0 Å². The Kier molecular flexibility index (Phi) is 5.95. The predicted octanol–water partition coefficient (Wildman–Crippen LogP) is 6.46. The van der Waals surface area contributed by atoms with E-state index in [9.17, 15) is 4.39 Å². The summed E-state index contributed by atoms with van der Waals surface area (Å²) in [5.74, 6) is 0.507. The first kappa shape index (κ1) is 20.3. The average Bonchev–Trinajstić information content (AvgIpc) is 2.74. The van der Waals surface area contributed by atoms with Crippen molar-refractivity contribution in [2.24, 2.45) is 5.73 Å². The molecule has 0 aliphatic heterocycles. The molecule has 1 aromatic heterocycles. The van der Waals surface area contributed by atoms with Gasteiger partial charge in [0.25, 0.3) is 0 Å². The average molecular weight is 439 g/mol. The third-order valence-corrected chi connectivity index (χ3v) is 5.06. The molecule has 0 spiro atoms. The summed E-state index contributed by atoms with van der Waals surface area (Å²) in [5.41, 5.74) is 9.38. The van der Waals surface area contributed by atoms with Gasteiger partial charge in [-0.3, -0.25) is 0 Å². The molecule has 0 saturated heterocycles. The Morgan fingerprint density at radius 3 is 2.40 bits per heavy atom. The predicted molar refractivity (Wildman–Crippen MR) is 120 cm³/mol. The van der Waals surface area contributed by atoms with E-state index >= 15 is 0 Å². The van der Waals surface area contributed by atoms with Crippen LogP contribution in [0.2, 0.25) is 10.0 Å². The van der Waals surface area contributed by atoms with Crippen LogP contribution in [0.5, 0.6) is 0 Å². The third-order valence-electron chi connectivity index (χ3n) is 4.52. The van der Waals surface area contributed by atoms with Gasteiger partial charge in [0.05, 0.1) is 10.7 Å². The van der Waals surface area contributed by atoms with Gasteiger partial charge in [0.1, 0.15) is 11.6 Å². The Labute approximate surface area is 183 Å². The summed E-state index contributed by atoms with van der Waals surface area (Å²) in [6.07, 6.45) is 0. The molecule has 30 heavy (non-hydrogen) atoms. The smallest absolute Gasteiger partial charge is 0.162 e. The highest BCUT2D eigenvalue weighted by Crippen LogP contribution is 2.35. The molecule has 4 nitrogen and oxygen atoms in total. The summed E-state index contributed by atoms with van der Waals surface area (Å²) < 4.78 is 13.9. The standard InChI is InChI=1S/C23H17Cl2FN4/c24-15-9-10-18(20(25)12-15)21-19(13-27)23(28-17-7-2-1-3-8-17)30-22(29-21)14-5-4-6-16(26)11-14/h1-12H,13,27H2,(H,28,29,30). The molecule has 0 saturated carbocycles. The Balaban J connectivity index is 1.95. The summed E-state index contributed by atoms with van der Waals surface area (Å²) >= 11 is 12.5. The number of nitrogens with one attached hydrogen (secondary N) is 1. The lowest BCUT2D eigenvalue weighted by Crippen LogP contribution is -2.09. The number of nitrogens with zero attached hydrogens (tertiary/aromatic N) is 2. The monoisotopic (exact) mass is 438 g/mol. The van der Waals surface area contributed by atoms with Gasteiger partial charge < -0.3 is 11.1 Å². The van der Waals surface area contributed by atoms with Gasteiger partial charge in [-0.25, -0.2) is 14.4 Å². The van der Waals surface area contributed by atoms with Crippen LogP contribution in [0, 0.1) is 5.82 Å². The van der Waals surface area contributed by atoms with Crippen molar-refractivity contribution in [3.63, 3.8) is 0 Å². The highest BCUT2D eigenvalue weighted by atomic mass is 35.5. The zero-order valence-electron chi connectivity index (χ0n) is 15.7. The van der Waals surface area contributed by atoms with Gasteiger partial charge in [0, 0.05) is 33.9 Å². The van der Waals surface area contributed by atoms with E-state index < -0.39 is 0 Å². The Morgan fingerprint density at radius 1 is 0.900 bits per heavy atom. The molecular formula is C23H17Cl2FN4. The van der Waals surface area contributed by atoms with Gasteiger partial charge in [-0.2, -0.15) is 0 Å². The quantitative estimate of drug-likeness (QED) is 0.375. The van der Waals surface area contributed by atoms with Gasteiger partial charge in [-0.1, -0.05) is 53.5 Å². The topological polar surface area (TPSA) is 63.8 Å². The van der Waals surface area contributed by atoms with Crippen LogP contribution in [-0.2, 0) is 6.54 Å². The molecular weight excluding hydrogens is 422 g/mol. The molecule has 1 heterocycles. The number of hydrogen-bond donors (Lipinski definition) is 2. The second-order valence-corrected chi connectivity index (χ2v) is 7.40. The zero-order valence-corrected chi connectivity index (χ0v) is 17.3. The van der Waals surface area contributed by atoms with E-state index in [4.69, 9.17) is 33.9 Å². The van der Waals surface area contributed by atoms with Crippen LogP contribution in [0.1, 0.15) is 5.56 Å². The first-order valence-electron chi connectivity index (χ1n) is 9.19.